The van der Waals surface area contributed by atoms with E-state index in [0.717, 1.165) is 41.3 Å². The van der Waals surface area contributed by atoms with Crippen LogP contribution in [0.2, 0.25) is 0 Å². The highest BCUT2D eigenvalue weighted by molar-refractivity contribution is 6.16. The molecule has 1 fully saturated rings. The van der Waals surface area contributed by atoms with E-state index in [1.807, 2.05) is 48.7 Å². The van der Waals surface area contributed by atoms with Crippen molar-refractivity contribution in [1.82, 2.24) is 19.7 Å². The summed E-state index contributed by atoms with van der Waals surface area (Å²) in [6.07, 6.45) is 6.13. The Hall–Kier alpha value is -4.96. The van der Waals surface area contributed by atoms with Crippen molar-refractivity contribution < 1.29 is 23.3 Å². The number of hydrogen-bond acceptors (Lipinski definition) is 8. The first-order valence-electron chi connectivity index (χ1n) is 14.2. The molecule has 9 nitrogen and oxygen atoms in total. The first-order chi connectivity index (χ1) is 21.1. The number of hydrogen-bond donors (Lipinski definition) is 1. The number of ether oxygens (including phenoxy) is 4. The SMILES string of the molecule is COc1ccc(COc2nc3c(cc(OC)c4ncccc43)c(-c3ccc(F)c4nn(C5CCCCO5)cc34)c2N)cc1. The molecule has 0 spiro atoms. The standard InChI is InChI=1S/C33H30FN5O4/c1-40-20-10-8-19(9-11-20)18-43-33-29(35)28(23-16-26(41-2)32-22(30(23)37-33)6-5-14-36-32)21-12-13-25(34)31-24(21)17-39(38-31)27-7-3-4-15-42-27/h5-6,8-14,16-17,27H,3-4,7,15,18,35H2,1-2H3. The van der Waals surface area contributed by atoms with Gasteiger partial charge in [0.05, 0.1) is 19.7 Å². The smallest absolute Gasteiger partial charge is 0.238 e. The predicted octanol–water partition coefficient (Wildman–Crippen LogP) is 6.82. The molecule has 3 aromatic heterocycles. The van der Waals surface area contributed by atoms with Gasteiger partial charge in [-0.25, -0.2) is 14.1 Å². The Morgan fingerprint density at radius 3 is 2.60 bits per heavy atom. The highest BCUT2D eigenvalue weighted by Crippen LogP contribution is 2.45. The number of nitrogens with two attached hydrogens (primary N) is 1. The first kappa shape index (κ1) is 26.9. The summed E-state index contributed by atoms with van der Waals surface area (Å²) in [5.41, 5.74) is 11.0. The number of rotatable bonds is 7. The Balaban J connectivity index is 1.45. The van der Waals surface area contributed by atoms with Crippen LogP contribution >= 0.6 is 0 Å². The van der Waals surface area contributed by atoms with Crippen LogP contribution in [0.15, 0.2) is 67.0 Å². The van der Waals surface area contributed by atoms with Gasteiger partial charge in [0.2, 0.25) is 5.88 Å². The van der Waals surface area contributed by atoms with E-state index >= 15 is 4.39 Å². The Morgan fingerprint density at radius 1 is 0.977 bits per heavy atom. The predicted molar refractivity (Wildman–Crippen MR) is 163 cm³/mol. The minimum Gasteiger partial charge on any atom is -0.497 e. The van der Waals surface area contributed by atoms with Gasteiger partial charge in [-0.2, -0.15) is 5.10 Å². The third-order valence-corrected chi connectivity index (χ3v) is 7.93. The molecule has 218 valence electrons. The van der Waals surface area contributed by atoms with E-state index in [2.05, 4.69) is 10.1 Å². The molecule has 0 radical (unpaired) electrons. The number of anilines is 1. The normalized spacial score (nSPS) is 15.3. The summed E-state index contributed by atoms with van der Waals surface area (Å²) in [6, 6.07) is 16.4. The van der Waals surface area contributed by atoms with Gasteiger partial charge in [0, 0.05) is 40.7 Å². The molecule has 0 amide bonds. The quantitative estimate of drug-likeness (QED) is 0.206. The maximum absolute atomic E-state index is 15.2. The number of nitrogens with zero attached hydrogens (tertiary/aromatic N) is 4. The average molecular weight is 580 g/mol. The summed E-state index contributed by atoms with van der Waals surface area (Å²) < 4.78 is 40.2. The molecule has 1 aliphatic heterocycles. The van der Waals surface area contributed by atoms with Gasteiger partial charge in [0.25, 0.3) is 0 Å². The maximum atomic E-state index is 15.2. The zero-order chi connectivity index (χ0) is 29.5. The lowest BCUT2D eigenvalue weighted by Crippen LogP contribution is -2.18. The van der Waals surface area contributed by atoms with Crippen LogP contribution in [0.4, 0.5) is 10.1 Å². The molecule has 0 aliphatic carbocycles. The van der Waals surface area contributed by atoms with Crippen molar-refractivity contribution in [2.75, 3.05) is 26.6 Å². The molecule has 43 heavy (non-hydrogen) atoms. The monoisotopic (exact) mass is 579 g/mol. The van der Waals surface area contributed by atoms with Gasteiger partial charge in [-0.1, -0.05) is 18.2 Å². The molecule has 4 heterocycles. The maximum Gasteiger partial charge on any atom is 0.238 e. The van der Waals surface area contributed by atoms with Crippen LogP contribution in [0.25, 0.3) is 43.8 Å². The molecular weight excluding hydrogens is 549 g/mol. The van der Waals surface area contributed by atoms with Gasteiger partial charge in [-0.3, -0.25) is 4.98 Å². The number of nitrogen functional groups attached to an aromatic ring is 1. The van der Waals surface area contributed by atoms with Gasteiger partial charge in [-0.05, 0) is 66.8 Å². The molecule has 0 bridgehead atoms. The van der Waals surface area contributed by atoms with Crippen molar-refractivity contribution in [3.05, 3.63) is 78.4 Å². The number of methoxy groups -OCH3 is 2. The van der Waals surface area contributed by atoms with E-state index < -0.39 is 5.82 Å². The molecular formula is C33H30FN5O4. The Bertz CT molecular complexity index is 1970. The second kappa shape index (κ2) is 11.0. The fourth-order valence-corrected chi connectivity index (χ4v) is 5.75. The molecule has 1 aliphatic rings. The minimum absolute atomic E-state index is 0.230. The summed E-state index contributed by atoms with van der Waals surface area (Å²) in [6.45, 7) is 0.877. The number of fused-ring (bicyclic) bond motifs is 4. The molecule has 2 N–H and O–H groups in total. The van der Waals surface area contributed by atoms with Crippen molar-refractivity contribution in [2.45, 2.75) is 32.1 Å². The summed E-state index contributed by atoms with van der Waals surface area (Å²) >= 11 is 0. The van der Waals surface area contributed by atoms with Gasteiger partial charge in [-0.15, -0.1) is 0 Å². The van der Waals surface area contributed by atoms with E-state index in [4.69, 9.17) is 29.7 Å². The first-order valence-corrected chi connectivity index (χ1v) is 14.2. The molecule has 3 aromatic carbocycles. The summed E-state index contributed by atoms with van der Waals surface area (Å²) in [7, 11) is 3.22. The second-order valence-corrected chi connectivity index (χ2v) is 10.5. The Morgan fingerprint density at radius 2 is 1.84 bits per heavy atom. The van der Waals surface area contributed by atoms with Gasteiger partial charge < -0.3 is 24.7 Å². The van der Waals surface area contributed by atoms with Crippen LogP contribution in [0.1, 0.15) is 31.1 Å². The lowest BCUT2D eigenvalue weighted by Gasteiger charge is -2.22. The number of halogens is 1. The number of benzene rings is 3. The lowest BCUT2D eigenvalue weighted by atomic mass is 9.95. The Labute approximate surface area is 247 Å². The van der Waals surface area contributed by atoms with Crippen LogP contribution in [0, 0.1) is 5.82 Å². The molecule has 6 aromatic rings. The number of aromatic nitrogens is 4. The third-order valence-electron chi connectivity index (χ3n) is 7.93. The van der Waals surface area contributed by atoms with Crippen LogP contribution in [0.3, 0.4) is 0 Å². The molecule has 1 saturated heterocycles. The molecule has 7 rings (SSSR count). The second-order valence-electron chi connectivity index (χ2n) is 10.5. The van der Waals surface area contributed by atoms with Gasteiger partial charge in [0.1, 0.15) is 41.1 Å². The molecule has 0 saturated carbocycles. The van der Waals surface area contributed by atoms with E-state index in [1.54, 1.807) is 31.2 Å². The van der Waals surface area contributed by atoms with Crippen LogP contribution < -0.4 is 19.9 Å². The summed E-state index contributed by atoms with van der Waals surface area (Å²) in [5.74, 6) is 1.16. The molecule has 1 unspecified atom stereocenters. The summed E-state index contributed by atoms with van der Waals surface area (Å²) in [5, 5.41) is 6.72. The van der Waals surface area contributed by atoms with Gasteiger partial charge >= 0.3 is 0 Å². The van der Waals surface area contributed by atoms with Crippen LogP contribution in [0.5, 0.6) is 17.4 Å². The highest BCUT2D eigenvalue weighted by Gasteiger charge is 2.24. The van der Waals surface area contributed by atoms with E-state index in [-0.39, 0.29) is 24.2 Å². The average Bonchev–Trinajstić information content (AvgIpc) is 3.52. The van der Waals surface area contributed by atoms with Crippen molar-refractivity contribution >= 4 is 38.4 Å². The van der Waals surface area contributed by atoms with E-state index in [0.29, 0.717) is 45.6 Å². The van der Waals surface area contributed by atoms with E-state index in [9.17, 15) is 0 Å². The highest BCUT2D eigenvalue weighted by atomic mass is 19.1. The molecule has 10 heteroatoms. The largest absolute Gasteiger partial charge is 0.497 e. The minimum atomic E-state index is -0.423. The zero-order valence-corrected chi connectivity index (χ0v) is 23.8. The zero-order valence-electron chi connectivity index (χ0n) is 23.8. The Kier molecular flexibility index (Phi) is 6.90. The fourth-order valence-electron chi connectivity index (χ4n) is 5.75. The topological polar surface area (TPSA) is 107 Å². The fraction of sp³-hybridized carbons (Fsp3) is 0.242. The lowest BCUT2D eigenvalue weighted by molar-refractivity contribution is -0.0391. The summed E-state index contributed by atoms with van der Waals surface area (Å²) in [4.78, 5) is 9.46. The van der Waals surface area contributed by atoms with Crippen molar-refractivity contribution in [2.24, 2.45) is 0 Å². The van der Waals surface area contributed by atoms with E-state index in [1.165, 1.54) is 6.07 Å². The van der Waals surface area contributed by atoms with Crippen molar-refractivity contribution in [3.8, 4) is 28.5 Å². The number of pyridine rings is 2. The van der Waals surface area contributed by atoms with Crippen LogP contribution in [-0.2, 0) is 11.3 Å². The van der Waals surface area contributed by atoms with Crippen molar-refractivity contribution in [1.29, 1.82) is 0 Å². The van der Waals surface area contributed by atoms with Gasteiger partial charge in [0.15, 0.2) is 5.82 Å². The van der Waals surface area contributed by atoms with Crippen LogP contribution in [-0.4, -0.2) is 40.6 Å². The van der Waals surface area contributed by atoms with Crippen molar-refractivity contribution in [3.63, 3.8) is 0 Å². The third kappa shape index (κ3) is 4.73. The molecule has 1 atom stereocenters.